The number of nitrogens with one attached hydrogen (secondary N) is 2. The van der Waals surface area contributed by atoms with Crippen LogP contribution in [0.5, 0.6) is 0 Å². The van der Waals surface area contributed by atoms with E-state index in [1.807, 2.05) is 36.4 Å². The van der Waals surface area contributed by atoms with Crippen LogP contribution in [-0.2, 0) is 9.53 Å². The predicted molar refractivity (Wildman–Crippen MR) is 108 cm³/mol. The molecule has 7 heteroatoms. The first-order valence-corrected chi connectivity index (χ1v) is 9.17. The summed E-state index contributed by atoms with van der Waals surface area (Å²) in [6.07, 6.45) is 0. The molecule has 134 valence electrons. The number of halogens is 2. The minimum atomic E-state index is -0.579. The Balaban J connectivity index is 2.22. The topological polar surface area (TPSA) is 50.4 Å². The van der Waals surface area contributed by atoms with E-state index in [-0.39, 0.29) is 6.61 Å². The van der Waals surface area contributed by atoms with Gasteiger partial charge in [-0.25, -0.2) is 4.79 Å². The molecular weight excluding hydrogens is 391 g/mol. The highest BCUT2D eigenvalue weighted by molar-refractivity contribution is 7.80. The van der Waals surface area contributed by atoms with Gasteiger partial charge in [0.1, 0.15) is 0 Å². The lowest BCUT2D eigenvalue weighted by atomic mass is 9.92. The Morgan fingerprint density at radius 1 is 1.15 bits per heavy atom. The Bertz CT molecular complexity index is 884. The van der Waals surface area contributed by atoms with Gasteiger partial charge < -0.3 is 15.4 Å². The van der Waals surface area contributed by atoms with Crippen molar-refractivity contribution >= 4 is 52.2 Å². The standard InChI is InChI=1S/C19H16Cl2N2O2S/c1-2-25-18(24)14-16(11-7-4-3-5-8-11)22-19(26)23-17(14)12-9-6-10-13(20)15(12)21/h3-10,17H,2H2,1H3,(H2,22,23,26)/t17-/m0/s1. The van der Waals surface area contributed by atoms with Gasteiger partial charge in [-0.15, -0.1) is 0 Å². The summed E-state index contributed by atoms with van der Waals surface area (Å²) in [5.74, 6) is -0.449. The first-order chi connectivity index (χ1) is 12.5. The summed E-state index contributed by atoms with van der Waals surface area (Å²) in [7, 11) is 0. The summed E-state index contributed by atoms with van der Waals surface area (Å²) in [5, 5.41) is 7.34. The molecule has 26 heavy (non-hydrogen) atoms. The highest BCUT2D eigenvalue weighted by atomic mass is 35.5. The zero-order valence-electron chi connectivity index (χ0n) is 13.9. The Hall–Kier alpha value is -2.08. The Morgan fingerprint density at radius 2 is 1.88 bits per heavy atom. The van der Waals surface area contributed by atoms with Crippen LogP contribution in [0.1, 0.15) is 24.1 Å². The van der Waals surface area contributed by atoms with Crippen LogP contribution >= 0.6 is 35.4 Å². The number of thiocarbonyl (C=S) groups is 1. The highest BCUT2D eigenvalue weighted by Crippen LogP contribution is 2.37. The van der Waals surface area contributed by atoms with Gasteiger partial charge in [0.15, 0.2) is 5.11 Å². The quantitative estimate of drug-likeness (QED) is 0.578. The van der Waals surface area contributed by atoms with E-state index in [2.05, 4.69) is 10.6 Å². The molecule has 0 saturated carbocycles. The van der Waals surface area contributed by atoms with Crippen LogP contribution in [-0.4, -0.2) is 17.7 Å². The molecule has 0 bridgehead atoms. The van der Waals surface area contributed by atoms with Crippen LogP contribution in [0.4, 0.5) is 0 Å². The number of carbonyl (C=O) groups excluding carboxylic acids is 1. The van der Waals surface area contributed by atoms with E-state index in [4.69, 9.17) is 40.2 Å². The van der Waals surface area contributed by atoms with Gasteiger partial charge in [-0.1, -0.05) is 65.7 Å². The fourth-order valence-corrected chi connectivity index (χ4v) is 3.44. The van der Waals surface area contributed by atoms with Crippen LogP contribution in [0.25, 0.3) is 5.70 Å². The van der Waals surface area contributed by atoms with Crippen molar-refractivity contribution < 1.29 is 9.53 Å². The fraction of sp³-hybridized carbons (Fsp3) is 0.158. The Kier molecular flexibility index (Phi) is 5.81. The van der Waals surface area contributed by atoms with E-state index in [1.54, 1.807) is 19.1 Å². The minimum Gasteiger partial charge on any atom is -0.463 e. The van der Waals surface area contributed by atoms with Crippen LogP contribution in [0.2, 0.25) is 10.0 Å². The van der Waals surface area contributed by atoms with Gasteiger partial charge in [-0.05, 0) is 36.3 Å². The third kappa shape index (κ3) is 3.70. The molecule has 0 aliphatic carbocycles. The molecule has 1 heterocycles. The van der Waals surface area contributed by atoms with Crippen molar-refractivity contribution in [1.82, 2.24) is 10.6 Å². The lowest BCUT2D eigenvalue weighted by Crippen LogP contribution is -2.45. The molecule has 0 radical (unpaired) electrons. The molecule has 0 aromatic heterocycles. The van der Waals surface area contributed by atoms with E-state index < -0.39 is 12.0 Å². The molecule has 2 N–H and O–H groups in total. The van der Waals surface area contributed by atoms with Gasteiger partial charge in [0.2, 0.25) is 0 Å². The van der Waals surface area contributed by atoms with E-state index in [9.17, 15) is 4.79 Å². The summed E-state index contributed by atoms with van der Waals surface area (Å²) in [6.45, 7) is 2.02. The van der Waals surface area contributed by atoms with Crippen LogP contribution in [0.15, 0.2) is 54.1 Å². The van der Waals surface area contributed by atoms with Gasteiger partial charge in [0.05, 0.1) is 34.0 Å². The summed E-state index contributed by atoms with van der Waals surface area (Å²) < 4.78 is 5.29. The summed E-state index contributed by atoms with van der Waals surface area (Å²) in [6, 6.07) is 14.2. The van der Waals surface area contributed by atoms with E-state index >= 15 is 0 Å². The average molecular weight is 407 g/mol. The predicted octanol–water partition coefficient (Wildman–Crippen LogP) is 4.49. The first kappa shape index (κ1) is 18.7. The number of benzene rings is 2. The zero-order chi connectivity index (χ0) is 18.7. The minimum absolute atomic E-state index is 0.255. The normalized spacial score (nSPS) is 16.7. The summed E-state index contributed by atoms with van der Waals surface area (Å²) >= 11 is 17.9. The number of esters is 1. The van der Waals surface area contributed by atoms with Crippen LogP contribution < -0.4 is 10.6 Å². The molecule has 4 nitrogen and oxygen atoms in total. The molecule has 0 fully saturated rings. The zero-order valence-corrected chi connectivity index (χ0v) is 16.2. The third-order valence-corrected chi connectivity index (χ3v) is 4.98. The molecule has 0 saturated heterocycles. The molecule has 2 aromatic carbocycles. The molecule has 3 rings (SSSR count). The highest BCUT2D eigenvalue weighted by Gasteiger charge is 2.34. The molecule has 1 atom stereocenters. The molecule has 1 aliphatic heterocycles. The van der Waals surface area contributed by atoms with Crippen molar-refractivity contribution in [3.05, 3.63) is 75.3 Å². The second-order valence-electron chi connectivity index (χ2n) is 5.55. The second-order valence-corrected chi connectivity index (χ2v) is 6.74. The van der Waals surface area contributed by atoms with E-state index in [0.717, 1.165) is 5.56 Å². The molecule has 2 aromatic rings. The Labute approximate surface area is 167 Å². The van der Waals surface area contributed by atoms with Crippen molar-refractivity contribution in [2.24, 2.45) is 0 Å². The van der Waals surface area contributed by atoms with Crippen LogP contribution in [0.3, 0.4) is 0 Å². The molecule has 0 unspecified atom stereocenters. The van der Waals surface area contributed by atoms with E-state index in [1.165, 1.54) is 0 Å². The number of hydrogen-bond donors (Lipinski definition) is 2. The molecule has 0 amide bonds. The second kappa shape index (κ2) is 8.08. The van der Waals surface area contributed by atoms with Crippen LogP contribution in [0, 0.1) is 0 Å². The lowest BCUT2D eigenvalue weighted by Gasteiger charge is -2.31. The summed E-state index contributed by atoms with van der Waals surface area (Å²) in [5.41, 5.74) is 2.46. The number of rotatable bonds is 4. The van der Waals surface area contributed by atoms with Crippen molar-refractivity contribution in [1.29, 1.82) is 0 Å². The smallest absolute Gasteiger partial charge is 0.338 e. The largest absolute Gasteiger partial charge is 0.463 e. The van der Waals surface area contributed by atoms with Crippen molar-refractivity contribution in [2.45, 2.75) is 13.0 Å². The van der Waals surface area contributed by atoms with Gasteiger partial charge in [0, 0.05) is 0 Å². The maximum atomic E-state index is 12.8. The first-order valence-electron chi connectivity index (χ1n) is 8.01. The number of hydrogen-bond acceptors (Lipinski definition) is 3. The monoisotopic (exact) mass is 406 g/mol. The molecule has 0 spiro atoms. The Morgan fingerprint density at radius 3 is 2.58 bits per heavy atom. The van der Waals surface area contributed by atoms with Gasteiger partial charge in [0.25, 0.3) is 0 Å². The SMILES string of the molecule is CCOC(=O)C1=C(c2ccccc2)NC(=S)N[C@H]1c1cccc(Cl)c1Cl. The van der Waals surface area contributed by atoms with Crippen molar-refractivity contribution in [3.63, 3.8) is 0 Å². The van der Waals surface area contributed by atoms with Gasteiger partial charge in [-0.3, -0.25) is 0 Å². The third-order valence-electron chi connectivity index (χ3n) is 3.92. The van der Waals surface area contributed by atoms with Crippen molar-refractivity contribution in [2.75, 3.05) is 6.61 Å². The average Bonchev–Trinajstić information content (AvgIpc) is 2.64. The van der Waals surface area contributed by atoms with Gasteiger partial charge in [-0.2, -0.15) is 0 Å². The number of ether oxygens (including phenoxy) is 1. The maximum Gasteiger partial charge on any atom is 0.338 e. The van der Waals surface area contributed by atoms with Crippen molar-refractivity contribution in [3.8, 4) is 0 Å². The number of carbonyl (C=O) groups is 1. The summed E-state index contributed by atoms with van der Waals surface area (Å²) in [4.78, 5) is 12.8. The fourth-order valence-electron chi connectivity index (χ4n) is 2.80. The molecule has 1 aliphatic rings. The lowest BCUT2D eigenvalue weighted by molar-refractivity contribution is -0.138. The van der Waals surface area contributed by atoms with E-state index in [0.29, 0.717) is 32.0 Å². The van der Waals surface area contributed by atoms with Gasteiger partial charge >= 0.3 is 5.97 Å². The maximum absolute atomic E-state index is 12.8. The molecular formula is C19H16Cl2N2O2S.